The Morgan fingerprint density at radius 1 is 1.29 bits per heavy atom. The van der Waals surface area contributed by atoms with Crippen LogP contribution in [0.25, 0.3) is 0 Å². The summed E-state index contributed by atoms with van der Waals surface area (Å²) in [5.74, 6) is -0.856. The number of phenolic OH excluding ortho intramolecular Hbond substituents is 1. The van der Waals surface area contributed by atoms with Crippen molar-refractivity contribution in [2.45, 2.75) is 37.6 Å². The summed E-state index contributed by atoms with van der Waals surface area (Å²) < 4.78 is 0. The monoisotopic (exact) mass is 332 g/mol. The van der Waals surface area contributed by atoms with Gasteiger partial charge in [0.15, 0.2) is 5.75 Å². The molecule has 0 bridgehead atoms. The molecule has 1 heterocycles. The van der Waals surface area contributed by atoms with Crippen molar-refractivity contribution in [3.63, 3.8) is 0 Å². The molecule has 9 nitrogen and oxygen atoms in total. The average molecular weight is 332 g/mol. The summed E-state index contributed by atoms with van der Waals surface area (Å²) in [7, 11) is 0. The Morgan fingerprint density at radius 2 is 2.00 bits per heavy atom. The number of rotatable bonds is 3. The number of nitrogens with one attached hydrogen (secondary N) is 1. The molecule has 0 aromatic heterocycles. The molecule has 0 atom stereocenters. The van der Waals surface area contributed by atoms with E-state index in [2.05, 4.69) is 10.4 Å². The zero-order chi connectivity index (χ0) is 17.3. The van der Waals surface area contributed by atoms with Crippen molar-refractivity contribution in [2.24, 2.45) is 5.10 Å². The molecule has 1 saturated heterocycles. The Morgan fingerprint density at radius 3 is 2.67 bits per heavy atom. The number of urea groups is 1. The van der Waals surface area contributed by atoms with Gasteiger partial charge in [-0.1, -0.05) is 19.3 Å². The molecular formula is C15H16N4O5. The van der Waals surface area contributed by atoms with Gasteiger partial charge in [-0.25, -0.2) is 4.79 Å². The molecule has 2 aliphatic rings. The summed E-state index contributed by atoms with van der Waals surface area (Å²) in [5.41, 5.74) is -1.04. The number of nitro groups is 1. The number of hydrogen-bond donors (Lipinski definition) is 2. The van der Waals surface area contributed by atoms with Crippen molar-refractivity contribution in [3.05, 3.63) is 33.9 Å². The van der Waals surface area contributed by atoms with Crippen molar-refractivity contribution in [1.82, 2.24) is 10.3 Å². The van der Waals surface area contributed by atoms with Gasteiger partial charge in [-0.15, -0.1) is 5.01 Å². The highest BCUT2D eigenvalue weighted by atomic mass is 16.6. The second kappa shape index (κ2) is 5.91. The van der Waals surface area contributed by atoms with Crippen LogP contribution in [0.4, 0.5) is 10.5 Å². The number of benzene rings is 1. The lowest BCUT2D eigenvalue weighted by atomic mass is 9.82. The van der Waals surface area contributed by atoms with Crippen LogP contribution in [-0.2, 0) is 4.79 Å². The molecule has 2 fully saturated rings. The zero-order valence-electron chi connectivity index (χ0n) is 12.8. The van der Waals surface area contributed by atoms with Gasteiger partial charge in [0.2, 0.25) is 0 Å². The number of amides is 3. The van der Waals surface area contributed by atoms with Gasteiger partial charge in [0.25, 0.3) is 5.91 Å². The minimum absolute atomic E-state index is 0.296. The van der Waals surface area contributed by atoms with Gasteiger partial charge in [0.05, 0.1) is 11.1 Å². The molecule has 3 amide bonds. The van der Waals surface area contributed by atoms with E-state index in [4.69, 9.17) is 0 Å². The molecule has 1 aliphatic carbocycles. The molecule has 1 aromatic rings. The van der Waals surface area contributed by atoms with Gasteiger partial charge >= 0.3 is 11.7 Å². The molecule has 1 saturated carbocycles. The van der Waals surface area contributed by atoms with E-state index < -0.39 is 33.8 Å². The third kappa shape index (κ3) is 2.68. The molecule has 3 rings (SSSR count). The van der Waals surface area contributed by atoms with Crippen molar-refractivity contribution in [1.29, 1.82) is 0 Å². The minimum atomic E-state index is -0.867. The van der Waals surface area contributed by atoms with Crippen LogP contribution in [0.1, 0.15) is 37.7 Å². The van der Waals surface area contributed by atoms with Crippen LogP contribution in [0.5, 0.6) is 5.75 Å². The molecule has 1 aliphatic heterocycles. The average Bonchev–Trinajstić information content (AvgIpc) is 2.77. The second-order valence-electron chi connectivity index (χ2n) is 5.94. The van der Waals surface area contributed by atoms with E-state index in [1.807, 2.05) is 0 Å². The van der Waals surface area contributed by atoms with Gasteiger partial charge < -0.3 is 10.4 Å². The molecule has 1 spiro atoms. The Bertz CT molecular complexity index is 739. The Kier molecular flexibility index (Phi) is 3.92. The number of carbonyl (C=O) groups is 2. The van der Waals surface area contributed by atoms with Crippen molar-refractivity contribution in [3.8, 4) is 5.75 Å². The third-order valence-electron chi connectivity index (χ3n) is 4.37. The van der Waals surface area contributed by atoms with E-state index >= 15 is 0 Å². The molecule has 24 heavy (non-hydrogen) atoms. The second-order valence-corrected chi connectivity index (χ2v) is 5.94. The lowest BCUT2D eigenvalue weighted by Gasteiger charge is -2.29. The van der Waals surface area contributed by atoms with E-state index in [0.717, 1.165) is 36.4 Å². The van der Waals surface area contributed by atoms with Crippen LogP contribution in [0, 0.1) is 10.1 Å². The lowest BCUT2D eigenvalue weighted by Crippen LogP contribution is -2.48. The van der Waals surface area contributed by atoms with E-state index in [-0.39, 0.29) is 0 Å². The van der Waals surface area contributed by atoms with Crippen LogP contribution < -0.4 is 5.32 Å². The molecule has 0 unspecified atom stereocenters. The lowest BCUT2D eigenvalue weighted by molar-refractivity contribution is -0.385. The minimum Gasteiger partial charge on any atom is -0.502 e. The van der Waals surface area contributed by atoms with Crippen LogP contribution in [0.2, 0.25) is 0 Å². The molecular weight excluding hydrogens is 316 g/mol. The Hall–Kier alpha value is -2.97. The smallest absolute Gasteiger partial charge is 0.346 e. The number of hydrogen-bond acceptors (Lipinski definition) is 6. The fourth-order valence-corrected chi connectivity index (χ4v) is 3.10. The van der Waals surface area contributed by atoms with Gasteiger partial charge in [-0.3, -0.25) is 14.9 Å². The number of aromatic hydroxyl groups is 1. The van der Waals surface area contributed by atoms with Gasteiger partial charge in [-0.2, -0.15) is 5.10 Å². The summed E-state index contributed by atoms with van der Waals surface area (Å²) in [6.07, 6.45) is 5.14. The fraction of sp³-hybridized carbons (Fsp3) is 0.400. The predicted octanol–water partition coefficient (Wildman–Crippen LogP) is 1.89. The SMILES string of the molecule is O=C1NC2(CCCCC2)C(=O)N1/N=C/c1ccc(O)c([N+](=O)[O-])c1. The normalized spacial score (nSPS) is 19.9. The number of nitrogens with zero attached hydrogens (tertiary/aromatic N) is 3. The number of phenols is 1. The maximum Gasteiger partial charge on any atom is 0.346 e. The first-order valence-electron chi connectivity index (χ1n) is 7.61. The first kappa shape index (κ1) is 15.9. The predicted molar refractivity (Wildman–Crippen MR) is 83.5 cm³/mol. The maximum absolute atomic E-state index is 12.5. The molecule has 1 aromatic carbocycles. The largest absolute Gasteiger partial charge is 0.502 e. The summed E-state index contributed by atoms with van der Waals surface area (Å²) in [5, 5.41) is 27.6. The van der Waals surface area contributed by atoms with E-state index in [1.165, 1.54) is 12.3 Å². The summed E-state index contributed by atoms with van der Waals surface area (Å²) >= 11 is 0. The highest BCUT2D eigenvalue weighted by molar-refractivity contribution is 6.07. The van der Waals surface area contributed by atoms with Crippen molar-refractivity contribution >= 4 is 23.8 Å². The topological polar surface area (TPSA) is 125 Å². The Balaban J connectivity index is 1.82. The van der Waals surface area contributed by atoms with Crippen LogP contribution in [0.3, 0.4) is 0 Å². The fourth-order valence-electron chi connectivity index (χ4n) is 3.10. The van der Waals surface area contributed by atoms with Gasteiger partial charge in [0, 0.05) is 11.6 Å². The number of imide groups is 1. The maximum atomic E-state index is 12.5. The molecule has 2 N–H and O–H groups in total. The van der Waals surface area contributed by atoms with E-state index in [1.54, 1.807) is 0 Å². The van der Waals surface area contributed by atoms with Crippen LogP contribution in [-0.4, -0.2) is 38.7 Å². The standard InChI is InChI=1S/C15H16N4O5/c20-12-5-4-10(8-11(12)19(23)24)9-16-18-13(21)15(17-14(18)22)6-2-1-3-7-15/h4-5,8-9,20H,1-3,6-7H2,(H,17,22)/b16-9+. The van der Waals surface area contributed by atoms with Gasteiger partial charge in [0.1, 0.15) is 5.54 Å². The summed E-state index contributed by atoms with van der Waals surface area (Å²) in [6.45, 7) is 0. The van der Waals surface area contributed by atoms with Crippen LogP contribution in [0.15, 0.2) is 23.3 Å². The van der Waals surface area contributed by atoms with E-state index in [0.29, 0.717) is 18.4 Å². The summed E-state index contributed by atoms with van der Waals surface area (Å²) in [6, 6.07) is 3.09. The highest BCUT2D eigenvalue weighted by Crippen LogP contribution is 2.33. The Labute approximate surface area is 137 Å². The number of hydrazone groups is 1. The first-order valence-corrected chi connectivity index (χ1v) is 7.61. The number of nitro benzene ring substituents is 1. The molecule has 9 heteroatoms. The van der Waals surface area contributed by atoms with Crippen molar-refractivity contribution < 1.29 is 19.6 Å². The van der Waals surface area contributed by atoms with Crippen molar-refractivity contribution in [2.75, 3.05) is 0 Å². The summed E-state index contributed by atoms with van der Waals surface area (Å²) in [4.78, 5) is 34.7. The first-order chi connectivity index (χ1) is 11.4. The highest BCUT2D eigenvalue weighted by Gasteiger charge is 2.51. The third-order valence-corrected chi connectivity index (χ3v) is 4.37. The molecule has 126 valence electrons. The quantitative estimate of drug-likeness (QED) is 0.378. The van der Waals surface area contributed by atoms with E-state index in [9.17, 15) is 24.8 Å². The molecule has 0 radical (unpaired) electrons. The zero-order valence-corrected chi connectivity index (χ0v) is 12.8. The number of carbonyl (C=O) groups excluding carboxylic acids is 2. The van der Waals surface area contributed by atoms with Crippen LogP contribution >= 0.6 is 0 Å². The van der Waals surface area contributed by atoms with Gasteiger partial charge in [-0.05, 0) is 25.0 Å².